The molecule has 0 aromatic heterocycles. The van der Waals surface area contributed by atoms with E-state index in [-0.39, 0.29) is 23.5 Å². The summed E-state index contributed by atoms with van der Waals surface area (Å²) >= 11 is 0. The number of amides is 1. The summed E-state index contributed by atoms with van der Waals surface area (Å²) in [5.74, 6) is 0.152. The van der Waals surface area contributed by atoms with Crippen LogP contribution < -0.4 is 0 Å². The van der Waals surface area contributed by atoms with E-state index in [1.807, 2.05) is 0 Å². The summed E-state index contributed by atoms with van der Waals surface area (Å²) in [6.07, 6.45) is 2.08. The highest BCUT2D eigenvalue weighted by molar-refractivity contribution is 5.75. The van der Waals surface area contributed by atoms with Crippen LogP contribution in [0.4, 0.5) is 0 Å². The molecule has 0 radical (unpaired) electrons. The zero-order valence-electron chi connectivity index (χ0n) is 11.3. The third kappa shape index (κ3) is 2.39. The van der Waals surface area contributed by atoms with Crippen LogP contribution in [0, 0.1) is 5.41 Å². The van der Waals surface area contributed by atoms with Gasteiger partial charge >= 0.3 is 0 Å². The van der Waals surface area contributed by atoms with Crippen LogP contribution in [-0.4, -0.2) is 71.9 Å². The van der Waals surface area contributed by atoms with Crippen molar-refractivity contribution < 1.29 is 15.0 Å². The van der Waals surface area contributed by atoms with Gasteiger partial charge in [0.05, 0.1) is 12.2 Å². The summed E-state index contributed by atoms with van der Waals surface area (Å²) in [4.78, 5) is 15.4. The van der Waals surface area contributed by atoms with E-state index in [4.69, 9.17) is 0 Å². The largest absolute Gasteiger partial charge is 0.392 e. The zero-order valence-corrected chi connectivity index (χ0v) is 11.3. The van der Waals surface area contributed by atoms with E-state index in [0.717, 1.165) is 32.5 Å². The fourth-order valence-electron chi connectivity index (χ4n) is 3.08. The van der Waals surface area contributed by atoms with Gasteiger partial charge in [-0.05, 0) is 25.9 Å². The second-order valence-electron chi connectivity index (χ2n) is 5.88. The van der Waals surface area contributed by atoms with E-state index in [9.17, 15) is 15.0 Å². The van der Waals surface area contributed by atoms with Gasteiger partial charge in [-0.25, -0.2) is 0 Å². The Hall–Kier alpha value is -0.650. The van der Waals surface area contributed by atoms with E-state index >= 15 is 0 Å². The van der Waals surface area contributed by atoms with Crippen LogP contribution in [0.15, 0.2) is 0 Å². The second-order valence-corrected chi connectivity index (χ2v) is 5.88. The van der Waals surface area contributed by atoms with Crippen LogP contribution in [0.25, 0.3) is 0 Å². The van der Waals surface area contributed by atoms with E-state index in [1.165, 1.54) is 0 Å². The van der Waals surface area contributed by atoms with Crippen LogP contribution >= 0.6 is 0 Å². The molecule has 5 nitrogen and oxygen atoms in total. The number of carbonyl (C=O) groups is 1. The topological polar surface area (TPSA) is 64.0 Å². The lowest BCUT2D eigenvalue weighted by Crippen LogP contribution is -2.61. The van der Waals surface area contributed by atoms with Crippen LogP contribution in [0.1, 0.15) is 25.7 Å². The van der Waals surface area contributed by atoms with Gasteiger partial charge in [-0.15, -0.1) is 0 Å². The molecular formula is C13H24N2O3. The minimum atomic E-state index is -0.335. The van der Waals surface area contributed by atoms with Crippen LogP contribution in [0.2, 0.25) is 0 Å². The molecule has 1 saturated carbocycles. The highest BCUT2D eigenvalue weighted by Gasteiger charge is 2.54. The molecule has 0 unspecified atom stereocenters. The molecule has 2 fully saturated rings. The molecule has 1 saturated heterocycles. The van der Waals surface area contributed by atoms with Crippen molar-refractivity contribution in [1.82, 2.24) is 9.80 Å². The molecule has 0 aromatic rings. The molecule has 1 amide bonds. The summed E-state index contributed by atoms with van der Waals surface area (Å²) in [7, 11) is 3.54. The highest BCUT2D eigenvalue weighted by atomic mass is 16.3. The number of likely N-dealkylation sites (tertiary alicyclic amines) is 1. The molecule has 104 valence electrons. The van der Waals surface area contributed by atoms with Crippen molar-refractivity contribution in [2.45, 2.75) is 37.9 Å². The Balaban J connectivity index is 1.76. The number of rotatable bonds is 3. The van der Waals surface area contributed by atoms with Gasteiger partial charge in [0, 0.05) is 38.9 Å². The molecule has 0 bridgehead atoms. The molecule has 1 spiro atoms. The quantitative estimate of drug-likeness (QED) is 0.726. The lowest BCUT2D eigenvalue weighted by molar-refractivity contribution is -0.189. The first-order valence-corrected chi connectivity index (χ1v) is 6.74. The van der Waals surface area contributed by atoms with Crippen LogP contribution in [0.3, 0.4) is 0 Å². The average Bonchev–Trinajstić information content (AvgIpc) is 2.36. The molecule has 2 atom stereocenters. The summed E-state index contributed by atoms with van der Waals surface area (Å²) in [6.45, 7) is 2.52. The predicted octanol–water partition coefficient (Wildman–Crippen LogP) is -0.328. The highest BCUT2D eigenvalue weighted by Crippen LogP contribution is 2.49. The number of nitrogens with zero attached hydrogens (tertiary/aromatic N) is 2. The molecule has 1 aliphatic heterocycles. The summed E-state index contributed by atoms with van der Waals surface area (Å²) in [5, 5.41) is 19.7. The number of aliphatic hydroxyl groups excluding tert-OH is 2. The Morgan fingerprint density at radius 2 is 1.83 bits per heavy atom. The van der Waals surface area contributed by atoms with Crippen molar-refractivity contribution in [2.24, 2.45) is 5.41 Å². The number of hydrogen-bond acceptors (Lipinski definition) is 4. The third-order valence-corrected chi connectivity index (χ3v) is 4.70. The lowest BCUT2D eigenvalue weighted by Gasteiger charge is -2.55. The number of aliphatic hydroxyl groups is 2. The SMILES string of the molecule is CN(C)C(=O)CCN1CCC2(CC1)[C@H](O)C[C@@H]2O. The molecule has 1 aliphatic carbocycles. The molecular weight excluding hydrogens is 232 g/mol. The molecule has 1 heterocycles. The first-order chi connectivity index (χ1) is 8.45. The smallest absolute Gasteiger partial charge is 0.223 e. The maximum absolute atomic E-state index is 11.5. The third-order valence-electron chi connectivity index (χ3n) is 4.70. The van der Waals surface area contributed by atoms with Gasteiger partial charge in [-0.3, -0.25) is 4.79 Å². The Morgan fingerprint density at radius 3 is 2.28 bits per heavy atom. The fraction of sp³-hybridized carbons (Fsp3) is 0.923. The van der Waals surface area contributed by atoms with Gasteiger partial charge in [-0.2, -0.15) is 0 Å². The lowest BCUT2D eigenvalue weighted by atomic mass is 9.58. The normalized spacial score (nSPS) is 31.1. The molecule has 2 rings (SSSR count). The molecule has 18 heavy (non-hydrogen) atoms. The Morgan fingerprint density at radius 1 is 1.28 bits per heavy atom. The van der Waals surface area contributed by atoms with Gasteiger partial charge < -0.3 is 20.0 Å². The average molecular weight is 256 g/mol. The predicted molar refractivity (Wildman–Crippen MR) is 68.0 cm³/mol. The molecule has 2 aliphatic rings. The van der Waals surface area contributed by atoms with Crippen LogP contribution in [-0.2, 0) is 4.79 Å². The van der Waals surface area contributed by atoms with Gasteiger partial charge in [0.1, 0.15) is 0 Å². The van der Waals surface area contributed by atoms with Crippen molar-refractivity contribution in [3.05, 3.63) is 0 Å². The standard InChI is InChI=1S/C13H24N2O3/c1-14(2)12(18)3-6-15-7-4-13(5-8-15)10(16)9-11(13)17/h10-11,16-17H,3-9H2,1-2H3/t10-,11+. The number of hydrogen-bond donors (Lipinski definition) is 2. The van der Waals surface area contributed by atoms with Crippen molar-refractivity contribution in [1.29, 1.82) is 0 Å². The maximum atomic E-state index is 11.5. The molecule has 5 heteroatoms. The van der Waals surface area contributed by atoms with Gasteiger partial charge in [-0.1, -0.05) is 0 Å². The summed E-state index contributed by atoms with van der Waals surface area (Å²) < 4.78 is 0. The Kier molecular flexibility index (Phi) is 3.94. The van der Waals surface area contributed by atoms with Gasteiger partial charge in [0.25, 0.3) is 0 Å². The van der Waals surface area contributed by atoms with E-state index in [2.05, 4.69) is 4.90 Å². The van der Waals surface area contributed by atoms with Gasteiger partial charge in [0.2, 0.25) is 5.91 Å². The van der Waals surface area contributed by atoms with Crippen molar-refractivity contribution >= 4 is 5.91 Å². The summed E-state index contributed by atoms with van der Waals surface area (Å²) in [5.41, 5.74) is -0.248. The molecule has 0 aromatic carbocycles. The zero-order chi connectivity index (χ0) is 13.3. The first kappa shape index (κ1) is 13.8. The monoisotopic (exact) mass is 256 g/mol. The first-order valence-electron chi connectivity index (χ1n) is 6.74. The second kappa shape index (κ2) is 5.15. The van der Waals surface area contributed by atoms with Crippen molar-refractivity contribution in [3.63, 3.8) is 0 Å². The maximum Gasteiger partial charge on any atom is 0.223 e. The fourth-order valence-corrected chi connectivity index (χ4v) is 3.08. The Bertz CT molecular complexity index is 301. The van der Waals surface area contributed by atoms with Crippen molar-refractivity contribution in [3.8, 4) is 0 Å². The summed E-state index contributed by atoms with van der Waals surface area (Å²) in [6, 6.07) is 0. The van der Waals surface area contributed by atoms with Gasteiger partial charge in [0.15, 0.2) is 0 Å². The minimum Gasteiger partial charge on any atom is -0.392 e. The minimum absolute atomic E-state index is 0.152. The van der Waals surface area contributed by atoms with E-state index < -0.39 is 0 Å². The van der Waals surface area contributed by atoms with E-state index in [1.54, 1.807) is 19.0 Å². The van der Waals surface area contributed by atoms with Crippen LogP contribution in [0.5, 0.6) is 0 Å². The Labute approximate surface area is 108 Å². The number of carbonyl (C=O) groups excluding carboxylic acids is 1. The number of piperidine rings is 1. The molecule has 2 N–H and O–H groups in total. The van der Waals surface area contributed by atoms with Crippen molar-refractivity contribution in [2.75, 3.05) is 33.7 Å². The van der Waals surface area contributed by atoms with E-state index in [0.29, 0.717) is 12.8 Å².